The van der Waals surface area contributed by atoms with E-state index in [4.69, 9.17) is 4.42 Å². The van der Waals surface area contributed by atoms with Gasteiger partial charge in [-0.3, -0.25) is 4.79 Å². The van der Waals surface area contributed by atoms with Gasteiger partial charge < -0.3 is 14.4 Å². The number of rotatable bonds is 1. The monoisotopic (exact) mass is 291 g/mol. The van der Waals surface area contributed by atoms with Crippen LogP contribution in [0.15, 0.2) is 4.42 Å². The first-order valence-electron chi connectivity index (χ1n) is 8.00. The number of likely N-dealkylation sites (tertiary alicyclic amines) is 1. The molecule has 0 radical (unpaired) electrons. The number of nitrogens with zero attached hydrogens (tertiary/aromatic N) is 1. The van der Waals surface area contributed by atoms with Gasteiger partial charge in [0, 0.05) is 24.6 Å². The molecule has 1 saturated heterocycles. The summed E-state index contributed by atoms with van der Waals surface area (Å²) in [5.41, 5.74) is 1.13. The molecule has 1 aliphatic heterocycles. The van der Waals surface area contributed by atoms with E-state index in [0.717, 1.165) is 37.0 Å². The fourth-order valence-corrected chi connectivity index (χ4v) is 4.02. The van der Waals surface area contributed by atoms with Gasteiger partial charge in [-0.1, -0.05) is 12.8 Å². The zero-order valence-corrected chi connectivity index (χ0v) is 13.2. The van der Waals surface area contributed by atoms with Crippen molar-refractivity contribution in [1.29, 1.82) is 0 Å². The third-order valence-electron chi connectivity index (χ3n) is 5.49. The Morgan fingerprint density at radius 1 is 1.24 bits per heavy atom. The maximum atomic E-state index is 12.8. The molecule has 1 saturated carbocycles. The molecule has 1 amide bonds. The van der Waals surface area contributed by atoms with Gasteiger partial charge in [0.25, 0.3) is 5.91 Å². The molecule has 2 fully saturated rings. The average Bonchev–Trinajstić information content (AvgIpc) is 2.70. The molecule has 4 nitrogen and oxygen atoms in total. The lowest BCUT2D eigenvalue weighted by Gasteiger charge is -2.47. The lowest BCUT2D eigenvalue weighted by molar-refractivity contribution is -0.0886. The van der Waals surface area contributed by atoms with Crippen LogP contribution < -0.4 is 0 Å². The minimum Gasteiger partial charge on any atom is -0.466 e. The number of aliphatic hydroxyl groups is 1. The summed E-state index contributed by atoms with van der Waals surface area (Å²) in [7, 11) is 0. The Hall–Kier alpha value is -1.29. The topological polar surface area (TPSA) is 53.7 Å². The predicted molar refractivity (Wildman–Crippen MR) is 80.3 cm³/mol. The molecule has 21 heavy (non-hydrogen) atoms. The predicted octanol–water partition coefficient (Wildman–Crippen LogP) is 2.97. The number of hydrogen-bond donors (Lipinski definition) is 1. The molecule has 1 N–H and O–H groups in total. The fourth-order valence-electron chi connectivity index (χ4n) is 4.02. The summed E-state index contributed by atoms with van der Waals surface area (Å²) in [4.78, 5) is 14.7. The second-order valence-electron chi connectivity index (χ2n) is 6.76. The van der Waals surface area contributed by atoms with Gasteiger partial charge in [0.05, 0.1) is 11.2 Å². The standard InChI is InChI=1S/C17H25NO3/c1-11-12(2)21-13(3)15(11)16(19)18-9-8-17(20)7-5-4-6-14(17)10-18/h14,20H,4-10H2,1-3H3. The number of aryl methyl sites for hydroxylation is 2. The van der Waals surface area contributed by atoms with Crippen molar-refractivity contribution in [3.8, 4) is 0 Å². The molecule has 0 bridgehead atoms. The Labute approximate surface area is 126 Å². The van der Waals surface area contributed by atoms with E-state index in [9.17, 15) is 9.90 Å². The molecule has 0 spiro atoms. The molecule has 1 aliphatic carbocycles. The maximum Gasteiger partial charge on any atom is 0.257 e. The molecule has 2 heterocycles. The summed E-state index contributed by atoms with van der Waals surface area (Å²) in [6.07, 6.45) is 4.90. The molecule has 0 aromatic carbocycles. The van der Waals surface area contributed by atoms with Crippen LogP contribution in [0.2, 0.25) is 0 Å². The average molecular weight is 291 g/mol. The van der Waals surface area contributed by atoms with Gasteiger partial charge in [-0.05, 0) is 40.0 Å². The molecular formula is C17H25NO3. The first-order valence-corrected chi connectivity index (χ1v) is 8.00. The van der Waals surface area contributed by atoms with Gasteiger partial charge in [0.15, 0.2) is 0 Å². The van der Waals surface area contributed by atoms with Crippen molar-refractivity contribution >= 4 is 5.91 Å². The normalized spacial score (nSPS) is 29.3. The maximum absolute atomic E-state index is 12.8. The minimum absolute atomic E-state index is 0.0643. The Bertz CT molecular complexity index is 563. The van der Waals surface area contributed by atoms with Crippen molar-refractivity contribution in [2.24, 2.45) is 5.92 Å². The molecule has 2 aliphatic rings. The van der Waals surface area contributed by atoms with E-state index in [-0.39, 0.29) is 11.8 Å². The molecular weight excluding hydrogens is 266 g/mol. The highest BCUT2D eigenvalue weighted by Crippen LogP contribution is 2.40. The van der Waals surface area contributed by atoms with Crippen molar-refractivity contribution in [3.05, 3.63) is 22.6 Å². The smallest absolute Gasteiger partial charge is 0.257 e. The van der Waals surface area contributed by atoms with Crippen molar-refractivity contribution in [2.75, 3.05) is 13.1 Å². The van der Waals surface area contributed by atoms with E-state index >= 15 is 0 Å². The number of carbonyl (C=O) groups excluding carboxylic acids is 1. The van der Waals surface area contributed by atoms with Crippen molar-refractivity contribution in [1.82, 2.24) is 4.90 Å². The van der Waals surface area contributed by atoms with E-state index in [2.05, 4.69) is 0 Å². The van der Waals surface area contributed by atoms with Crippen LogP contribution in [0, 0.1) is 26.7 Å². The summed E-state index contributed by atoms with van der Waals surface area (Å²) >= 11 is 0. The van der Waals surface area contributed by atoms with Gasteiger partial charge in [-0.15, -0.1) is 0 Å². The van der Waals surface area contributed by atoms with Crippen molar-refractivity contribution in [3.63, 3.8) is 0 Å². The van der Waals surface area contributed by atoms with Crippen molar-refractivity contribution < 1.29 is 14.3 Å². The summed E-state index contributed by atoms with van der Waals surface area (Å²) in [6, 6.07) is 0. The summed E-state index contributed by atoms with van der Waals surface area (Å²) in [6.45, 7) is 7.02. The quantitative estimate of drug-likeness (QED) is 0.865. The number of hydrogen-bond acceptors (Lipinski definition) is 3. The van der Waals surface area contributed by atoms with E-state index in [0.29, 0.717) is 30.8 Å². The minimum atomic E-state index is -0.536. The highest BCUT2D eigenvalue weighted by Gasteiger charge is 2.44. The Balaban J connectivity index is 1.80. The SMILES string of the molecule is Cc1oc(C)c(C(=O)N2CCC3(O)CCCCC3C2)c1C. The van der Waals surface area contributed by atoms with Gasteiger partial charge in [-0.2, -0.15) is 0 Å². The lowest BCUT2D eigenvalue weighted by Crippen LogP contribution is -2.54. The molecule has 2 unspecified atom stereocenters. The van der Waals surface area contributed by atoms with Gasteiger partial charge in [-0.25, -0.2) is 0 Å². The zero-order valence-electron chi connectivity index (χ0n) is 13.2. The number of amides is 1. The summed E-state index contributed by atoms with van der Waals surface area (Å²) < 4.78 is 5.59. The van der Waals surface area contributed by atoms with Crippen molar-refractivity contribution in [2.45, 2.75) is 58.5 Å². The summed E-state index contributed by atoms with van der Waals surface area (Å²) in [5, 5.41) is 10.7. The Morgan fingerprint density at radius 2 is 2.00 bits per heavy atom. The first-order chi connectivity index (χ1) is 9.92. The van der Waals surface area contributed by atoms with E-state index in [1.165, 1.54) is 0 Å². The van der Waals surface area contributed by atoms with Crippen LogP contribution in [-0.2, 0) is 0 Å². The second kappa shape index (κ2) is 5.16. The highest BCUT2D eigenvalue weighted by molar-refractivity contribution is 5.97. The molecule has 116 valence electrons. The third-order valence-corrected chi connectivity index (χ3v) is 5.49. The molecule has 2 atom stereocenters. The van der Waals surface area contributed by atoms with Crippen LogP contribution >= 0.6 is 0 Å². The molecule has 3 rings (SSSR count). The summed E-state index contributed by atoms with van der Waals surface area (Å²) in [5.74, 6) is 1.83. The Morgan fingerprint density at radius 3 is 2.67 bits per heavy atom. The van der Waals surface area contributed by atoms with Gasteiger partial charge in [0.1, 0.15) is 11.5 Å². The van der Waals surface area contributed by atoms with Crippen LogP contribution in [0.1, 0.15) is 59.5 Å². The number of carbonyl (C=O) groups is 1. The molecule has 1 aromatic heterocycles. The largest absolute Gasteiger partial charge is 0.466 e. The third kappa shape index (κ3) is 2.39. The van der Waals surface area contributed by atoms with Crippen LogP contribution in [0.5, 0.6) is 0 Å². The van der Waals surface area contributed by atoms with E-state index < -0.39 is 5.60 Å². The second-order valence-corrected chi connectivity index (χ2v) is 6.76. The highest BCUT2D eigenvalue weighted by atomic mass is 16.3. The van der Waals surface area contributed by atoms with Crippen LogP contribution in [-0.4, -0.2) is 34.6 Å². The zero-order chi connectivity index (χ0) is 15.2. The molecule has 1 aromatic rings. The first kappa shape index (κ1) is 14.6. The van der Waals surface area contributed by atoms with E-state index in [1.54, 1.807) is 0 Å². The fraction of sp³-hybridized carbons (Fsp3) is 0.706. The lowest BCUT2D eigenvalue weighted by atomic mass is 9.71. The van der Waals surface area contributed by atoms with Crippen LogP contribution in [0.25, 0.3) is 0 Å². The number of furan rings is 1. The Kier molecular flexibility index (Phi) is 3.60. The van der Waals surface area contributed by atoms with Gasteiger partial charge in [0.2, 0.25) is 0 Å². The number of fused-ring (bicyclic) bond motifs is 1. The van der Waals surface area contributed by atoms with E-state index in [1.807, 2.05) is 25.7 Å². The van der Waals surface area contributed by atoms with Crippen LogP contribution in [0.4, 0.5) is 0 Å². The van der Waals surface area contributed by atoms with Gasteiger partial charge >= 0.3 is 0 Å². The number of piperidine rings is 1. The molecule has 4 heteroatoms. The van der Waals surface area contributed by atoms with Crippen LogP contribution in [0.3, 0.4) is 0 Å².